The van der Waals surface area contributed by atoms with Crippen molar-refractivity contribution in [2.75, 3.05) is 0 Å². The first-order chi connectivity index (χ1) is 41.6. The highest BCUT2D eigenvalue weighted by Crippen LogP contribution is 2.64. The van der Waals surface area contributed by atoms with Crippen molar-refractivity contribution in [2.24, 2.45) is 0 Å². The van der Waals surface area contributed by atoms with Gasteiger partial charge in [0.15, 0.2) is 93.4 Å². The van der Waals surface area contributed by atoms with Crippen LogP contribution in [0.5, 0.6) is 121 Å². The molecule has 26 nitrogen and oxygen atoms in total. The zero-order chi connectivity index (χ0) is 63.3. The molecule has 0 fully saturated rings. The summed E-state index contributed by atoms with van der Waals surface area (Å²) in [6.07, 6.45) is -18.1. The van der Waals surface area contributed by atoms with E-state index < -0.39 is 187 Å². The molecule has 12 rings (SSSR count). The second-order valence-corrected chi connectivity index (χ2v) is 22.1. The molecule has 0 aromatic heterocycles. The third kappa shape index (κ3) is 8.66. The summed E-state index contributed by atoms with van der Waals surface area (Å²) in [6, 6.07) is 14.5. The van der Waals surface area contributed by atoms with Gasteiger partial charge in [-0.25, -0.2) is 0 Å². The largest absolute Gasteiger partial charge is 0.508 e. The number of hydrogen-bond donors (Lipinski definition) is 22. The van der Waals surface area contributed by atoms with E-state index in [1.165, 1.54) is 44.2 Å². The topological polar surface area (TPSA) is 482 Å². The summed E-state index contributed by atoms with van der Waals surface area (Å²) in [5, 5.41) is 252. The van der Waals surface area contributed by atoms with E-state index in [-0.39, 0.29) is 78.6 Å². The number of phenols is 17. The Balaban J connectivity index is 1.16. The maximum Gasteiger partial charge on any atom is 0.200 e. The minimum Gasteiger partial charge on any atom is -0.508 e. The monoisotopic (exact) mass is 1210 g/mol. The summed E-state index contributed by atoms with van der Waals surface area (Å²) in [5.41, 5.74) is -4.10. The fourth-order valence-corrected chi connectivity index (χ4v) is 12.6. The van der Waals surface area contributed by atoms with Gasteiger partial charge in [0.2, 0.25) is 0 Å². The van der Waals surface area contributed by atoms with Crippen molar-refractivity contribution in [3.05, 3.63) is 157 Å². The Bertz CT molecular complexity index is 4150. The predicted octanol–water partition coefficient (Wildman–Crippen LogP) is 5.71. The van der Waals surface area contributed by atoms with E-state index in [9.17, 15) is 112 Å². The lowest BCUT2D eigenvalue weighted by atomic mass is 9.71. The van der Waals surface area contributed by atoms with Gasteiger partial charge in [0, 0.05) is 90.6 Å². The molecular weight excluding hydrogens is 1160 g/mol. The quantitative estimate of drug-likeness (QED) is 0.0850. The predicted molar refractivity (Wildman–Crippen MR) is 297 cm³/mol. The summed E-state index contributed by atoms with van der Waals surface area (Å²) in [7, 11) is 0. The van der Waals surface area contributed by atoms with Crippen LogP contribution in [0.4, 0.5) is 0 Å². The van der Waals surface area contributed by atoms with Gasteiger partial charge in [0.1, 0.15) is 82.3 Å². The number of ether oxygens (including phenoxy) is 4. The zero-order valence-electron chi connectivity index (χ0n) is 45.5. The van der Waals surface area contributed by atoms with E-state index in [0.29, 0.717) is 0 Å². The van der Waals surface area contributed by atoms with Crippen LogP contribution in [-0.4, -0.2) is 137 Å². The van der Waals surface area contributed by atoms with E-state index in [1.807, 2.05) is 0 Å². The molecule has 22 N–H and O–H groups in total. The van der Waals surface area contributed by atoms with Crippen LogP contribution in [-0.2, 0) is 0 Å². The smallest absolute Gasteiger partial charge is 0.200 e. The highest BCUT2D eigenvalue weighted by atomic mass is 16.5. The average molecular weight is 1220 g/mol. The van der Waals surface area contributed by atoms with Gasteiger partial charge >= 0.3 is 0 Å². The summed E-state index contributed by atoms with van der Waals surface area (Å²) >= 11 is 0. The van der Waals surface area contributed by atoms with Gasteiger partial charge in [-0.1, -0.05) is 12.1 Å². The van der Waals surface area contributed by atoms with E-state index in [0.717, 1.165) is 54.6 Å². The molecule has 8 aromatic carbocycles. The molecule has 12 atom stereocenters. The lowest BCUT2D eigenvalue weighted by Gasteiger charge is -2.44. The maximum absolute atomic E-state index is 13.6. The molecule has 8 aromatic rings. The number of aromatic hydroxyl groups is 17. The van der Waals surface area contributed by atoms with Crippen LogP contribution in [0, 0.1) is 13.8 Å². The summed E-state index contributed by atoms with van der Waals surface area (Å²) in [5.74, 6) is -21.7. The molecule has 0 radical (unpaired) electrons. The van der Waals surface area contributed by atoms with Gasteiger partial charge < -0.3 is 131 Å². The van der Waals surface area contributed by atoms with E-state index in [2.05, 4.69) is 0 Å². The molecule has 4 aliphatic heterocycles. The molecule has 4 aliphatic rings. The first-order valence-corrected chi connectivity index (χ1v) is 26.8. The number of hydrogen-bond acceptors (Lipinski definition) is 26. The fraction of sp³-hybridized carbons (Fsp3) is 0.226. The first kappa shape index (κ1) is 57.8. The molecule has 88 heavy (non-hydrogen) atoms. The molecule has 0 amide bonds. The molecule has 0 saturated carbocycles. The Kier molecular flexibility index (Phi) is 13.5. The molecule has 26 heteroatoms. The Labute approximate surface area is 494 Å². The number of aliphatic hydroxyl groups is 5. The van der Waals surface area contributed by atoms with Crippen LogP contribution in [0.15, 0.2) is 84.9 Å². The first-order valence-electron chi connectivity index (χ1n) is 26.8. The van der Waals surface area contributed by atoms with Crippen LogP contribution in [0.3, 0.4) is 0 Å². The highest BCUT2D eigenvalue weighted by Gasteiger charge is 2.53. The second kappa shape index (κ2) is 20.5. The molecule has 0 saturated heterocycles. The zero-order valence-corrected chi connectivity index (χ0v) is 45.5. The molecule has 0 spiro atoms. The van der Waals surface area contributed by atoms with Crippen LogP contribution in [0.1, 0.15) is 121 Å². The normalized spacial score (nSPS) is 24.3. The number of rotatable bonds is 7. The SMILES string of the molecule is Cc1c(O)ccc2c1OC(c1cc(O)c(O)c(O)c1)C(O)C2c1c(O)c(C2c3cc(C4c5ccc(O)cc5OC(c5cc(O)c(O)c(O)c5)C4O)c(O)c(C)c3OC(c3cc(O)c(O)c(O)c3)C2O)c(O)c2c1OC(c1cc(O)c(O)c(O)c1)C(O)C2O. The number of aliphatic hydroxyl groups excluding tert-OH is 5. The number of fused-ring (bicyclic) bond motifs is 4. The van der Waals surface area contributed by atoms with Gasteiger partial charge in [-0.05, 0) is 80.6 Å². The number of phenolic OH excluding ortho intramolecular Hbond substituents is 17. The number of benzene rings is 8. The van der Waals surface area contributed by atoms with Crippen molar-refractivity contribution in [1.82, 2.24) is 0 Å². The van der Waals surface area contributed by atoms with Gasteiger partial charge in [-0.2, -0.15) is 0 Å². The molecule has 458 valence electrons. The van der Waals surface area contributed by atoms with Crippen molar-refractivity contribution in [2.45, 2.75) is 86.5 Å². The maximum atomic E-state index is 13.6. The van der Waals surface area contributed by atoms with Crippen molar-refractivity contribution < 1.29 is 131 Å². The van der Waals surface area contributed by atoms with Crippen LogP contribution < -0.4 is 18.9 Å². The molecule has 0 aliphatic carbocycles. The van der Waals surface area contributed by atoms with Crippen LogP contribution >= 0.6 is 0 Å². The Morgan fingerprint density at radius 1 is 0.284 bits per heavy atom. The Morgan fingerprint density at radius 3 is 1.12 bits per heavy atom. The van der Waals surface area contributed by atoms with Crippen molar-refractivity contribution in [3.8, 4) is 121 Å². The molecule has 12 unspecified atom stereocenters. The van der Waals surface area contributed by atoms with Gasteiger partial charge in [-0.3, -0.25) is 0 Å². The Hall–Kier alpha value is -10.6. The minimum atomic E-state index is -2.40. The van der Waals surface area contributed by atoms with Gasteiger partial charge in [0.25, 0.3) is 0 Å². The fourth-order valence-electron chi connectivity index (χ4n) is 12.6. The third-order valence-corrected chi connectivity index (χ3v) is 17.0. The molecule has 0 bridgehead atoms. The van der Waals surface area contributed by atoms with Crippen molar-refractivity contribution in [1.29, 1.82) is 0 Å². The molecular formula is C62H54O26. The van der Waals surface area contributed by atoms with E-state index in [1.54, 1.807) is 0 Å². The van der Waals surface area contributed by atoms with Crippen LogP contribution in [0.25, 0.3) is 0 Å². The Morgan fingerprint density at radius 2 is 0.659 bits per heavy atom. The van der Waals surface area contributed by atoms with Crippen LogP contribution in [0.2, 0.25) is 0 Å². The lowest BCUT2D eigenvalue weighted by molar-refractivity contribution is -0.0725. The highest BCUT2D eigenvalue weighted by molar-refractivity contribution is 5.73. The van der Waals surface area contributed by atoms with Crippen molar-refractivity contribution >= 4 is 0 Å². The van der Waals surface area contributed by atoms with Gasteiger partial charge in [0.05, 0.1) is 5.56 Å². The van der Waals surface area contributed by atoms with E-state index >= 15 is 0 Å². The summed E-state index contributed by atoms with van der Waals surface area (Å²) in [6.45, 7) is 2.70. The third-order valence-electron chi connectivity index (χ3n) is 17.0. The second-order valence-electron chi connectivity index (χ2n) is 22.1. The summed E-state index contributed by atoms with van der Waals surface area (Å²) < 4.78 is 25.5. The average Bonchev–Trinajstić information content (AvgIpc) is 0.717. The minimum absolute atomic E-state index is 0.0172. The summed E-state index contributed by atoms with van der Waals surface area (Å²) in [4.78, 5) is 0. The van der Waals surface area contributed by atoms with Crippen molar-refractivity contribution in [3.63, 3.8) is 0 Å². The lowest BCUT2D eigenvalue weighted by Crippen LogP contribution is -2.39. The van der Waals surface area contributed by atoms with Gasteiger partial charge in [-0.15, -0.1) is 0 Å². The molecule has 4 heterocycles. The standard InChI is InChI=1S/C62H54O26/c1-17-28(64)6-5-25-39(53(82)59(86-56(17)25)20-9-31(67)46(75)32(68)10-20)42-49(78)41(50(79)43-51(80)55(84)61(88-62(42)43)22-13-35(71)48(77)36(72)14-22)40-27-16-26(44(73)18(2)57(27)87-60(54(40)83)21-11-33(69)47(76)34(70)12-21)38-24-4-3-23(63)15-37(24)85-58(52(38)81)19-7-29(65)45(74)30(66)8-19/h3-16,38-40,51-55,58-61,63-84H,1-2H3. The van der Waals surface area contributed by atoms with E-state index in [4.69, 9.17) is 18.9 Å².